The Morgan fingerprint density at radius 1 is 1.22 bits per heavy atom. The molecule has 0 unspecified atom stereocenters. The van der Waals surface area contributed by atoms with Gasteiger partial charge >= 0.3 is 6.18 Å². The van der Waals surface area contributed by atoms with E-state index < -0.39 is 17.7 Å². The molecule has 1 aliphatic heterocycles. The van der Waals surface area contributed by atoms with Gasteiger partial charge in [-0.25, -0.2) is 9.98 Å². The summed E-state index contributed by atoms with van der Waals surface area (Å²) in [6.45, 7) is 0. The quantitative estimate of drug-likeness (QED) is 0.614. The van der Waals surface area contributed by atoms with Gasteiger partial charge in [-0.3, -0.25) is 4.79 Å². The highest BCUT2D eigenvalue weighted by molar-refractivity contribution is 8.13. The number of rotatable bonds is 2. The first-order valence-corrected chi connectivity index (χ1v) is 8.31. The van der Waals surface area contributed by atoms with E-state index in [1.165, 1.54) is 6.20 Å². The topological polar surface area (TPSA) is 42.3 Å². The van der Waals surface area contributed by atoms with Crippen LogP contribution in [0.2, 0.25) is 15.2 Å². The number of allylic oxidation sites excluding steroid dienone is 2. The van der Waals surface area contributed by atoms with Gasteiger partial charge in [-0.1, -0.05) is 34.8 Å². The molecule has 0 radical (unpaired) electrons. The van der Waals surface area contributed by atoms with Gasteiger partial charge < -0.3 is 0 Å². The number of hydrogen-bond donors (Lipinski definition) is 0. The van der Waals surface area contributed by atoms with Gasteiger partial charge in [0.05, 0.1) is 15.1 Å². The molecule has 124 valence electrons. The third kappa shape index (κ3) is 4.86. The summed E-state index contributed by atoms with van der Waals surface area (Å²) in [5.41, 5.74) is -0.749. The summed E-state index contributed by atoms with van der Waals surface area (Å²) < 4.78 is 38.4. The standard InChI is InChI=1S/C13H8Cl3F3N2OS/c14-8-4-20-12(16)11(15)7(8)5-23-10-2-1-6(22)3-9(21-10)13(17,18)19/h3-4H,1-2,5H2. The fraction of sp³-hybridized carbons (Fsp3) is 0.308. The highest BCUT2D eigenvalue weighted by atomic mass is 35.5. The molecule has 3 nitrogen and oxygen atoms in total. The number of aliphatic imine (C=N–C) groups is 1. The van der Waals surface area contributed by atoms with Crippen LogP contribution in [0.25, 0.3) is 0 Å². The molecule has 0 fully saturated rings. The van der Waals surface area contributed by atoms with Crippen molar-refractivity contribution in [2.75, 3.05) is 0 Å². The molecule has 0 N–H and O–H groups in total. The van der Waals surface area contributed by atoms with Crippen molar-refractivity contribution in [3.05, 3.63) is 38.7 Å². The number of ketones is 1. The van der Waals surface area contributed by atoms with Gasteiger partial charge in [0.25, 0.3) is 0 Å². The molecule has 0 spiro atoms. The van der Waals surface area contributed by atoms with Crippen molar-refractivity contribution in [1.29, 1.82) is 0 Å². The predicted molar refractivity (Wildman–Crippen MR) is 86.4 cm³/mol. The smallest absolute Gasteiger partial charge is 0.295 e. The lowest BCUT2D eigenvalue weighted by molar-refractivity contribution is -0.116. The molecular weight excluding hydrogens is 396 g/mol. The van der Waals surface area contributed by atoms with Crippen molar-refractivity contribution in [3.63, 3.8) is 0 Å². The van der Waals surface area contributed by atoms with E-state index >= 15 is 0 Å². The zero-order chi connectivity index (χ0) is 17.2. The summed E-state index contributed by atoms with van der Waals surface area (Å²) in [6, 6.07) is 0. The number of nitrogens with zero attached hydrogens (tertiary/aromatic N) is 2. The van der Waals surface area contributed by atoms with E-state index in [1.807, 2.05) is 0 Å². The fourth-order valence-corrected chi connectivity index (χ4v) is 3.51. The maximum Gasteiger partial charge on any atom is 0.433 e. The second-order valence-electron chi connectivity index (χ2n) is 4.48. The number of carbonyl (C=O) groups is 1. The monoisotopic (exact) mass is 402 g/mol. The van der Waals surface area contributed by atoms with Gasteiger partial charge in [-0.05, 0) is 0 Å². The van der Waals surface area contributed by atoms with Crippen LogP contribution in [0.1, 0.15) is 18.4 Å². The van der Waals surface area contributed by atoms with Crippen molar-refractivity contribution >= 4 is 57.4 Å². The minimum Gasteiger partial charge on any atom is -0.295 e. The van der Waals surface area contributed by atoms with Gasteiger partial charge in [0.15, 0.2) is 5.78 Å². The second kappa shape index (κ2) is 7.42. The average molecular weight is 404 g/mol. The Hall–Kier alpha value is -0.760. The zero-order valence-electron chi connectivity index (χ0n) is 11.3. The second-order valence-corrected chi connectivity index (χ2v) is 6.67. The number of carbonyl (C=O) groups excluding carboxylic acids is 1. The lowest BCUT2D eigenvalue weighted by atomic mass is 10.2. The molecule has 1 aliphatic rings. The summed E-state index contributed by atoms with van der Waals surface area (Å²) in [5.74, 6) is -0.447. The van der Waals surface area contributed by atoms with Crippen LogP contribution >= 0.6 is 46.6 Å². The lowest BCUT2D eigenvalue weighted by Crippen LogP contribution is -2.11. The predicted octanol–water partition coefficient (Wildman–Crippen LogP) is 5.48. The molecule has 1 aromatic heterocycles. The number of halogens is 6. The van der Waals surface area contributed by atoms with Gasteiger partial charge in [-0.15, -0.1) is 11.8 Å². The van der Waals surface area contributed by atoms with Gasteiger partial charge in [0.2, 0.25) is 0 Å². The normalized spacial score (nSPS) is 16.0. The molecule has 0 aliphatic carbocycles. The fourth-order valence-electron chi connectivity index (χ4n) is 1.69. The van der Waals surface area contributed by atoms with Crippen LogP contribution < -0.4 is 0 Å². The molecule has 0 amide bonds. The van der Waals surface area contributed by atoms with E-state index in [-0.39, 0.29) is 38.8 Å². The maximum absolute atomic E-state index is 12.8. The molecule has 2 heterocycles. The SMILES string of the molecule is O=C1C=C(C(F)(F)F)N=C(SCc2c(Cl)cnc(Cl)c2Cl)CC1. The van der Waals surface area contributed by atoms with E-state index in [1.54, 1.807) is 0 Å². The Balaban J connectivity index is 2.21. The molecule has 0 bridgehead atoms. The lowest BCUT2D eigenvalue weighted by Gasteiger charge is -2.10. The third-order valence-electron chi connectivity index (χ3n) is 2.83. The Kier molecular flexibility index (Phi) is 5.99. The first-order chi connectivity index (χ1) is 10.7. The van der Waals surface area contributed by atoms with Crippen molar-refractivity contribution in [1.82, 2.24) is 4.98 Å². The molecular formula is C13H8Cl3F3N2OS. The van der Waals surface area contributed by atoms with Gasteiger partial charge in [-0.2, -0.15) is 13.2 Å². The highest BCUT2D eigenvalue weighted by Crippen LogP contribution is 2.35. The summed E-state index contributed by atoms with van der Waals surface area (Å²) >= 11 is 18.8. The van der Waals surface area contributed by atoms with Crippen LogP contribution in [0.15, 0.2) is 23.0 Å². The first kappa shape index (κ1) is 18.6. The maximum atomic E-state index is 12.8. The molecule has 1 aromatic rings. The van der Waals surface area contributed by atoms with Crippen LogP contribution in [-0.4, -0.2) is 22.0 Å². The molecule has 0 aromatic carbocycles. The number of aromatic nitrogens is 1. The number of thioether (sulfide) groups is 1. The van der Waals surface area contributed by atoms with Crippen molar-refractivity contribution in [2.45, 2.75) is 24.8 Å². The Morgan fingerprint density at radius 3 is 2.57 bits per heavy atom. The Morgan fingerprint density at radius 2 is 1.91 bits per heavy atom. The van der Waals surface area contributed by atoms with Crippen LogP contribution in [0.3, 0.4) is 0 Å². The van der Waals surface area contributed by atoms with E-state index in [0.29, 0.717) is 11.6 Å². The molecule has 2 rings (SSSR count). The minimum atomic E-state index is -4.68. The van der Waals surface area contributed by atoms with E-state index in [0.717, 1.165) is 11.8 Å². The Labute approximate surface area is 148 Å². The van der Waals surface area contributed by atoms with Crippen molar-refractivity contribution in [3.8, 4) is 0 Å². The molecule has 0 saturated heterocycles. The number of hydrogen-bond acceptors (Lipinski definition) is 4. The van der Waals surface area contributed by atoms with Crippen LogP contribution in [0.5, 0.6) is 0 Å². The highest BCUT2D eigenvalue weighted by Gasteiger charge is 2.35. The van der Waals surface area contributed by atoms with Crippen LogP contribution in [0.4, 0.5) is 13.2 Å². The van der Waals surface area contributed by atoms with E-state index in [2.05, 4.69) is 9.98 Å². The van der Waals surface area contributed by atoms with Gasteiger partial charge in [0, 0.05) is 36.4 Å². The average Bonchev–Trinajstić information content (AvgIpc) is 2.65. The van der Waals surface area contributed by atoms with Crippen molar-refractivity contribution in [2.24, 2.45) is 4.99 Å². The van der Waals surface area contributed by atoms with Crippen LogP contribution in [-0.2, 0) is 10.5 Å². The Bertz CT molecular complexity index is 704. The number of pyridine rings is 1. The van der Waals surface area contributed by atoms with Gasteiger partial charge in [0.1, 0.15) is 10.9 Å². The molecule has 0 atom stereocenters. The first-order valence-electron chi connectivity index (χ1n) is 6.19. The third-order valence-corrected chi connectivity index (χ3v) is 5.01. The number of alkyl halides is 3. The molecule has 23 heavy (non-hydrogen) atoms. The largest absolute Gasteiger partial charge is 0.433 e. The molecule has 10 heteroatoms. The minimum absolute atomic E-state index is 0.0377. The molecule has 0 saturated carbocycles. The van der Waals surface area contributed by atoms with Crippen molar-refractivity contribution < 1.29 is 18.0 Å². The zero-order valence-corrected chi connectivity index (χ0v) is 14.3. The summed E-state index contributed by atoms with van der Waals surface area (Å²) in [6.07, 6.45) is -2.76. The summed E-state index contributed by atoms with van der Waals surface area (Å²) in [7, 11) is 0. The summed E-state index contributed by atoms with van der Waals surface area (Å²) in [4.78, 5) is 18.7. The van der Waals surface area contributed by atoms with E-state index in [4.69, 9.17) is 34.8 Å². The van der Waals surface area contributed by atoms with E-state index in [9.17, 15) is 18.0 Å². The summed E-state index contributed by atoms with van der Waals surface area (Å²) in [5, 5.41) is 0.632. The van der Waals surface area contributed by atoms with Crippen LogP contribution in [0, 0.1) is 0 Å².